The zero-order valence-electron chi connectivity index (χ0n) is 15.7. The monoisotopic (exact) mass is 438 g/mol. The maximum absolute atomic E-state index is 12.6. The fraction of sp³-hybridized carbons (Fsp3) is 0.0455. The first-order valence-corrected chi connectivity index (χ1v) is 10.1. The topological polar surface area (TPSA) is 83.1 Å². The average molecular weight is 439 g/mol. The molecule has 0 bridgehead atoms. The Balaban J connectivity index is 1.56. The van der Waals surface area contributed by atoms with Crippen molar-refractivity contribution in [2.45, 2.75) is 0 Å². The van der Waals surface area contributed by atoms with Gasteiger partial charge in [0.05, 0.1) is 16.2 Å². The third-order valence-electron chi connectivity index (χ3n) is 4.35. The molecule has 2 heterocycles. The summed E-state index contributed by atoms with van der Waals surface area (Å²) < 4.78 is 5.84. The molecule has 150 valence electrons. The molecule has 1 saturated heterocycles. The summed E-state index contributed by atoms with van der Waals surface area (Å²) in [6.07, 6.45) is 1.67. The highest BCUT2D eigenvalue weighted by Gasteiger charge is 2.30. The highest BCUT2D eigenvalue weighted by atomic mass is 35.5. The van der Waals surface area contributed by atoms with Crippen LogP contribution in [0, 0.1) is 0 Å². The summed E-state index contributed by atoms with van der Waals surface area (Å²) in [6, 6.07) is 17.1. The van der Waals surface area contributed by atoms with Crippen molar-refractivity contribution < 1.29 is 19.1 Å². The number of amidine groups is 1. The SMILES string of the molecule is CN1C(=O)/C(=C\c2ccc(-c3cccc(Cl)c3)o2)SC1=Nc1ccc(C(=O)O)cc1. The van der Waals surface area contributed by atoms with Gasteiger partial charge in [-0.1, -0.05) is 23.7 Å². The first-order valence-electron chi connectivity index (χ1n) is 8.86. The lowest BCUT2D eigenvalue weighted by molar-refractivity contribution is -0.121. The van der Waals surface area contributed by atoms with Crippen molar-refractivity contribution in [3.05, 3.63) is 81.9 Å². The summed E-state index contributed by atoms with van der Waals surface area (Å²) in [4.78, 5) is 29.9. The Kier molecular flexibility index (Phi) is 5.48. The number of aromatic carboxylic acids is 1. The van der Waals surface area contributed by atoms with E-state index in [1.165, 1.54) is 28.8 Å². The molecule has 0 spiro atoms. The van der Waals surface area contributed by atoms with E-state index in [1.807, 2.05) is 18.2 Å². The van der Waals surface area contributed by atoms with Crippen LogP contribution in [0.25, 0.3) is 17.4 Å². The number of likely N-dealkylation sites (N-methyl/N-ethyl adjacent to an activating group) is 1. The van der Waals surface area contributed by atoms with Crippen LogP contribution in [-0.4, -0.2) is 34.1 Å². The van der Waals surface area contributed by atoms with E-state index in [4.69, 9.17) is 21.1 Å². The number of carbonyl (C=O) groups is 2. The minimum Gasteiger partial charge on any atom is -0.478 e. The van der Waals surface area contributed by atoms with E-state index >= 15 is 0 Å². The standard InChI is InChI=1S/C22H15ClN2O4S/c1-25-20(26)19(30-22(25)24-16-7-5-13(6-8-16)21(27)28)12-17-9-10-18(29-17)14-3-2-4-15(23)11-14/h2-12H,1H3,(H,27,28)/b19-12+,24-22?. The van der Waals surface area contributed by atoms with Crippen LogP contribution in [-0.2, 0) is 4.79 Å². The number of hydrogen-bond acceptors (Lipinski definition) is 5. The van der Waals surface area contributed by atoms with Gasteiger partial charge in [0.1, 0.15) is 11.5 Å². The molecule has 1 amide bonds. The summed E-state index contributed by atoms with van der Waals surface area (Å²) >= 11 is 7.26. The first kappa shape index (κ1) is 20.0. The van der Waals surface area contributed by atoms with Crippen LogP contribution in [0.5, 0.6) is 0 Å². The molecule has 30 heavy (non-hydrogen) atoms. The Morgan fingerprint density at radius 3 is 2.63 bits per heavy atom. The molecule has 1 aliphatic heterocycles. The number of rotatable bonds is 4. The van der Waals surface area contributed by atoms with Gasteiger partial charge in [0.25, 0.3) is 5.91 Å². The summed E-state index contributed by atoms with van der Waals surface area (Å²) in [5, 5.41) is 10.1. The summed E-state index contributed by atoms with van der Waals surface area (Å²) in [6.45, 7) is 0. The maximum Gasteiger partial charge on any atom is 0.335 e. The van der Waals surface area contributed by atoms with Crippen molar-refractivity contribution >= 4 is 52.2 Å². The van der Waals surface area contributed by atoms with Crippen molar-refractivity contribution in [1.82, 2.24) is 4.90 Å². The smallest absolute Gasteiger partial charge is 0.335 e. The second-order valence-corrected chi connectivity index (χ2v) is 7.88. The molecule has 0 radical (unpaired) electrons. The molecule has 4 rings (SSSR count). The fourth-order valence-electron chi connectivity index (χ4n) is 2.80. The number of thioether (sulfide) groups is 1. The van der Waals surface area contributed by atoms with E-state index in [1.54, 1.807) is 43.5 Å². The van der Waals surface area contributed by atoms with Gasteiger partial charge in [-0.25, -0.2) is 9.79 Å². The maximum atomic E-state index is 12.6. The second-order valence-electron chi connectivity index (χ2n) is 6.43. The normalized spacial score (nSPS) is 16.6. The Hall–Kier alpha value is -3.29. The molecular weight excluding hydrogens is 424 g/mol. The van der Waals surface area contributed by atoms with Crippen molar-refractivity contribution in [2.24, 2.45) is 4.99 Å². The van der Waals surface area contributed by atoms with E-state index < -0.39 is 5.97 Å². The van der Waals surface area contributed by atoms with Crippen molar-refractivity contribution in [3.8, 4) is 11.3 Å². The molecule has 1 fully saturated rings. The minimum atomic E-state index is -1.00. The zero-order valence-corrected chi connectivity index (χ0v) is 17.3. The number of carbonyl (C=O) groups excluding carboxylic acids is 1. The van der Waals surface area contributed by atoms with Crippen molar-refractivity contribution in [1.29, 1.82) is 0 Å². The molecule has 1 aliphatic rings. The van der Waals surface area contributed by atoms with Crippen LogP contribution in [0.3, 0.4) is 0 Å². The van der Waals surface area contributed by atoms with E-state index in [9.17, 15) is 9.59 Å². The van der Waals surface area contributed by atoms with Gasteiger partial charge in [0.2, 0.25) is 0 Å². The molecule has 0 unspecified atom stereocenters. The first-order chi connectivity index (χ1) is 14.4. The molecular formula is C22H15ClN2O4S. The highest BCUT2D eigenvalue weighted by molar-refractivity contribution is 8.18. The van der Waals surface area contributed by atoms with E-state index in [0.29, 0.717) is 32.3 Å². The molecule has 2 aromatic carbocycles. The van der Waals surface area contributed by atoms with Crippen molar-refractivity contribution in [2.75, 3.05) is 7.05 Å². The number of hydrogen-bond donors (Lipinski definition) is 1. The number of nitrogens with zero attached hydrogens (tertiary/aromatic N) is 2. The third kappa shape index (κ3) is 4.17. The minimum absolute atomic E-state index is 0.177. The quantitative estimate of drug-likeness (QED) is 0.541. The van der Waals surface area contributed by atoms with Gasteiger partial charge in [-0.2, -0.15) is 0 Å². The predicted octanol–water partition coefficient (Wildman–Crippen LogP) is 5.53. The lowest BCUT2D eigenvalue weighted by atomic mass is 10.2. The van der Waals surface area contributed by atoms with Gasteiger partial charge < -0.3 is 9.52 Å². The predicted molar refractivity (Wildman–Crippen MR) is 118 cm³/mol. The molecule has 1 N–H and O–H groups in total. The van der Waals surface area contributed by atoms with Crippen LogP contribution < -0.4 is 0 Å². The van der Waals surface area contributed by atoms with Gasteiger partial charge in [0, 0.05) is 23.7 Å². The Bertz CT molecular complexity index is 1200. The van der Waals surface area contributed by atoms with E-state index in [0.717, 1.165) is 5.56 Å². The zero-order chi connectivity index (χ0) is 21.3. The fourth-order valence-corrected chi connectivity index (χ4v) is 3.95. The summed E-state index contributed by atoms with van der Waals surface area (Å²) in [5.74, 6) is 0.000936. The molecule has 1 aromatic heterocycles. The summed E-state index contributed by atoms with van der Waals surface area (Å²) in [5.41, 5.74) is 1.59. The number of halogens is 1. The Labute approximate surface area is 181 Å². The van der Waals surface area contributed by atoms with Gasteiger partial charge in [-0.3, -0.25) is 9.69 Å². The number of carboxylic acids is 1. The number of furan rings is 1. The molecule has 0 atom stereocenters. The lowest BCUT2D eigenvalue weighted by Crippen LogP contribution is -2.23. The van der Waals surface area contributed by atoms with Gasteiger partial charge in [-0.15, -0.1) is 0 Å². The molecule has 3 aromatic rings. The molecule has 0 aliphatic carbocycles. The van der Waals surface area contributed by atoms with Crippen LogP contribution in [0.2, 0.25) is 5.02 Å². The van der Waals surface area contributed by atoms with Gasteiger partial charge in [-0.05, 0) is 60.3 Å². The van der Waals surface area contributed by atoms with Crippen molar-refractivity contribution in [3.63, 3.8) is 0 Å². The Morgan fingerprint density at radius 1 is 1.17 bits per heavy atom. The molecule has 6 nitrogen and oxygen atoms in total. The third-order valence-corrected chi connectivity index (χ3v) is 5.65. The number of aliphatic imine (C=N–C) groups is 1. The van der Waals surface area contributed by atoms with Crippen LogP contribution in [0.1, 0.15) is 16.1 Å². The average Bonchev–Trinajstić information content (AvgIpc) is 3.29. The van der Waals surface area contributed by atoms with Crippen LogP contribution in [0.4, 0.5) is 5.69 Å². The van der Waals surface area contributed by atoms with E-state index in [-0.39, 0.29) is 11.5 Å². The molecule has 8 heteroatoms. The molecule has 0 saturated carbocycles. The number of benzene rings is 2. The Morgan fingerprint density at radius 2 is 1.93 bits per heavy atom. The second kappa shape index (κ2) is 8.22. The number of amides is 1. The van der Waals surface area contributed by atoms with Crippen LogP contribution >= 0.6 is 23.4 Å². The van der Waals surface area contributed by atoms with Crippen LogP contribution in [0.15, 0.2) is 75.0 Å². The lowest BCUT2D eigenvalue weighted by Gasteiger charge is -2.07. The van der Waals surface area contributed by atoms with E-state index in [2.05, 4.69) is 4.99 Å². The highest BCUT2D eigenvalue weighted by Crippen LogP contribution is 2.34. The number of carboxylic acid groups (broad SMARTS) is 1. The summed E-state index contributed by atoms with van der Waals surface area (Å²) in [7, 11) is 1.64. The van der Waals surface area contributed by atoms with Gasteiger partial charge in [0.15, 0.2) is 5.17 Å². The largest absolute Gasteiger partial charge is 0.478 e. The van der Waals surface area contributed by atoms with Gasteiger partial charge >= 0.3 is 5.97 Å².